The molecule has 2 heterocycles. The molecule has 0 bridgehead atoms. The van der Waals surface area contributed by atoms with E-state index in [0.717, 1.165) is 16.3 Å². The highest BCUT2D eigenvalue weighted by Gasteiger charge is 2.20. The Labute approximate surface area is 188 Å². The van der Waals surface area contributed by atoms with Gasteiger partial charge in [0.05, 0.1) is 11.1 Å². The van der Waals surface area contributed by atoms with E-state index in [1.165, 1.54) is 6.07 Å². The standard InChI is InChI=1S/C22H15Br2NO5/c1-2-8-28-13-6-5-12-9-15(21(26)29-18(12)10-13)22(27)30-20-17(24)11-16(23)14-4-3-7-25-19(14)20/h3-7,9-11H,2,8H2,1H3. The third kappa shape index (κ3) is 3.97. The van der Waals surface area contributed by atoms with Crippen LogP contribution < -0.4 is 15.1 Å². The number of rotatable bonds is 5. The summed E-state index contributed by atoms with van der Waals surface area (Å²) in [4.78, 5) is 29.6. The van der Waals surface area contributed by atoms with Crippen molar-refractivity contribution >= 4 is 59.7 Å². The van der Waals surface area contributed by atoms with Crippen molar-refractivity contribution in [2.24, 2.45) is 0 Å². The number of hydrogen-bond donors (Lipinski definition) is 0. The number of aromatic nitrogens is 1. The van der Waals surface area contributed by atoms with Gasteiger partial charge in [-0.2, -0.15) is 0 Å². The average Bonchev–Trinajstić information content (AvgIpc) is 2.74. The number of fused-ring (bicyclic) bond motifs is 2. The Morgan fingerprint density at radius 2 is 1.97 bits per heavy atom. The second-order valence-electron chi connectivity index (χ2n) is 6.45. The lowest BCUT2D eigenvalue weighted by Gasteiger charge is -2.10. The summed E-state index contributed by atoms with van der Waals surface area (Å²) in [7, 11) is 0. The van der Waals surface area contributed by atoms with E-state index in [0.29, 0.717) is 33.3 Å². The van der Waals surface area contributed by atoms with E-state index in [-0.39, 0.29) is 11.3 Å². The van der Waals surface area contributed by atoms with Crippen molar-refractivity contribution in [3.8, 4) is 11.5 Å². The van der Waals surface area contributed by atoms with Gasteiger partial charge in [0.15, 0.2) is 5.75 Å². The van der Waals surface area contributed by atoms with E-state index in [1.807, 2.05) is 13.0 Å². The van der Waals surface area contributed by atoms with E-state index in [1.54, 1.807) is 36.5 Å². The summed E-state index contributed by atoms with van der Waals surface area (Å²) in [6.45, 7) is 2.56. The number of halogens is 2. The first-order valence-electron chi connectivity index (χ1n) is 9.13. The SMILES string of the molecule is CCCOc1ccc2cc(C(=O)Oc3c(Br)cc(Br)c4cccnc34)c(=O)oc2c1. The Hall–Kier alpha value is -2.71. The fraction of sp³-hybridized carbons (Fsp3) is 0.136. The van der Waals surface area contributed by atoms with Gasteiger partial charge in [-0.3, -0.25) is 4.98 Å². The molecule has 2 aromatic carbocycles. The topological polar surface area (TPSA) is 78.6 Å². The normalized spacial score (nSPS) is 11.0. The van der Waals surface area contributed by atoms with Gasteiger partial charge in [-0.25, -0.2) is 9.59 Å². The van der Waals surface area contributed by atoms with Gasteiger partial charge in [-0.1, -0.05) is 28.9 Å². The quantitative estimate of drug-likeness (QED) is 0.181. The van der Waals surface area contributed by atoms with Gasteiger partial charge in [-0.15, -0.1) is 0 Å². The first-order valence-corrected chi connectivity index (χ1v) is 10.7. The monoisotopic (exact) mass is 531 g/mol. The molecule has 0 unspecified atom stereocenters. The van der Waals surface area contributed by atoms with Crippen LogP contribution in [0.15, 0.2) is 66.8 Å². The van der Waals surface area contributed by atoms with Crippen LogP contribution in [0.5, 0.6) is 11.5 Å². The van der Waals surface area contributed by atoms with Crippen LogP contribution in [-0.2, 0) is 0 Å². The van der Waals surface area contributed by atoms with Gasteiger partial charge in [0.25, 0.3) is 0 Å². The van der Waals surface area contributed by atoms with Gasteiger partial charge in [0.1, 0.15) is 22.4 Å². The second kappa shape index (κ2) is 8.57. The van der Waals surface area contributed by atoms with Crippen LogP contribution in [-0.4, -0.2) is 17.6 Å². The van der Waals surface area contributed by atoms with Crippen molar-refractivity contribution in [1.82, 2.24) is 4.98 Å². The van der Waals surface area contributed by atoms with Crippen LogP contribution in [0.3, 0.4) is 0 Å². The highest BCUT2D eigenvalue weighted by Crippen LogP contribution is 2.37. The number of benzene rings is 2. The molecule has 0 fully saturated rings. The van der Waals surface area contributed by atoms with Crippen molar-refractivity contribution in [2.75, 3.05) is 6.61 Å². The number of ether oxygens (including phenoxy) is 2. The molecular formula is C22H15Br2NO5. The summed E-state index contributed by atoms with van der Waals surface area (Å²) < 4.78 is 17.8. The molecule has 4 rings (SSSR count). The molecule has 0 aliphatic carbocycles. The summed E-state index contributed by atoms with van der Waals surface area (Å²) in [5.74, 6) is -0.00675. The minimum Gasteiger partial charge on any atom is -0.493 e. The number of carbonyl (C=O) groups excluding carboxylic acids is 1. The van der Waals surface area contributed by atoms with Crippen molar-refractivity contribution in [3.63, 3.8) is 0 Å². The number of nitrogens with zero attached hydrogens (tertiary/aromatic N) is 1. The average molecular weight is 533 g/mol. The van der Waals surface area contributed by atoms with Gasteiger partial charge < -0.3 is 13.9 Å². The second-order valence-corrected chi connectivity index (χ2v) is 8.16. The van der Waals surface area contributed by atoms with Crippen LogP contribution in [0.4, 0.5) is 0 Å². The summed E-state index contributed by atoms with van der Waals surface area (Å²) >= 11 is 6.86. The zero-order valence-corrected chi connectivity index (χ0v) is 18.9. The van der Waals surface area contributed by atoms with E-state index < -0.39 is 11.6 Å². The molecule has 0 aliphatic heterocycles. The van der Waals surface area contributed by atoms with Crippen molar-refractivity contribution in [3.05, 3.63) is 73.6 Å². The smallest absolute Gasteiger partial charge is 0.351 e. The Morgan fingerprint density at radius 3 is 2.77 bits per heavy atom. The largest absolute Gasteiger partial charge is 0.493 e. The molecule has 0 aliphatic rings. The minimum absolute atomic E-state index is 0.205. The van der Waals surface area contributed by atoms with Crippen LogP contribution in [0.25, 0.3) is 21.9 Å². The van der Waals surface area contributed by atoms with Crippen LogP contribution >= 0.6 is 31.9 Å². The van der Waals surface area contributed by atoms with E-state index in [4.69, 9.17) is 13.9 Å². The summed E-state index contributed by atoms with van der Waals surface area (Å²) in [6, 6.07) is 12.0. The Morgan fingerprint density at radius 1 is 1.13 bits per heavy atom. The molecule has 0 amide bonds. The first-order chi connectivity index (χ1) is 14.5. The molecule has 152 valence electrons. The number of pyridine rings is 1. The lowest BCUT2D eigenvalue weighted by molar-refractivity contribution is 0.0731. The molecule has 4 aromatic rings. The Balaban J connectivity index is 1.71. The molecule has 6 nitrogen and oxygen atoms in total. The predicted molar refractivity (Wildman–Crippen MR) is 120 cm³/mol. The van der Waals surface area contributed by atoms with E-state index in [2.05, 4.69) is 36.8 Å². The molecule has 0 N–H and O–H groups in total. The predicted octanol–water partition coefficient (Wildman–Crippen LogP) is 5.87. The molecule has 0 spiro atoms. The van der Waals surface area contributed by atoms with E-state index >= 15 is 0 Å². The third-order valence-electron chi connectivity index (χ3n) is 4.35. The first kappa shape index (κ1) is 20.6. The fourth-order valence-electron chi connectivity index (χ4n) is 2.93. The zero-order chi connectivity index (χ0) is 21.3. The number of esters is 1. The van der Waals surface area contributed by atoms with Crippen LogP contribution in [0, 0.1) is 0 Å². The fourth-order valence-corrected chi connectivity index (χ4v) is 4.29. The molecule has 0 atom stereocenters. The molecule has 0 saturated carbocycles. The zero-order valence-electron chi connectivity index (χ0n) is 15.8. The van der Waals surface area contributed by atoms with Crippen LogP contribution in [0.2, 0.25) is 0 Å². The van der Waals surface area contributed by atoms with Gasteiger partial charge in [0.2, 0.25) is 0 Å². The molecule has 2 aromatic heterocycles. The number of hydrogen-bond acceptors (Lipinski definition) is 6. The lowest BCUT2D eigenvalue weighted by atomic mass is 10.1. The summed E-state index contributed by atoms with van der Waals surface area (Å²) in [6.07, 6.45) is 2.46. The summed E-state index contributed by atoms with van der Waals surface area (Å²) in [5.41, 5.74) is -0.175. The van der Waals surface area contributed by atoms with Crippen molar-refractivity contribution in [2.45, 2.75) is 13.3 Å². The van der Waals surface area contributed by atoms with E-state index in [9.17, 15) is 9.59 Å². The highest BCUT2D eigenvalue weighted by atomic mass is 79.9. The number of carbonyl (C=O) groups is 1. The Kier molecular flexibility index (Phi) is 5.87. The lowest BCUT2D eigenvalue weighted by Crippen LogP contribution is -2.19. The maximum Gasteiger partial charge on any atom is 0.351 e. The molecule has 8 heteroatoms. The summed E-state index contributed by atoms with van der Waals surface area (Å²) in [5, 5.41) is 1.36. The molecule has 30 heavy (non-hydrogen) atoms. The van der Waals surface area contributed by atoms with Gasteiger partial charge in [-0.05, 0) is 52.7 Å². The highest BCUT2D eigenvalue weighted by molar-refractivity contribution is 9.11. The minimum atomic E-state index is -0.827. The van der Waals surface area contributed by atoms with Crippen LogP contribution in [0.1, 0.15) is 23.7 Å². The maximum atomic E-state index is 12.8. The Bertz CT molecular complexity index is 1330. The van der Waals surface area contributed by atoms with Crippen molar-refractivity contribution in [1.29, 1.82) is 0 Å². The van der Waals surface area contributed by atoms with Gasteiger partial charge in [0, 0.05) is 27.5 Å². The molecule has 0 radical (unpaired) electrons. The third-order valence-corrected chi connectivity index (χ3v) is 5.59. The van der Waals surface area contributed by atoms with Gasteiger partial charge >= 0.3 is 11.6 Å². The molecule has 0 saturated heterocycles. The maximum absolute atomic E-state index is 12.8. The van der Waals surface area contributed by atoms with Crippen molar-refractivity contribution < 1.29 is 18.7 Å². The molecular weight excluding hydrogens is 518 g/mol.